The molecule has 0 spiro atoms. The Bertz CT molecular complexity index is 404. The summed E-state index contributed by atoms with van der Waals surface area (Å²) in [6, 6.07) is 0. The molecule has 1 N–H and O–H groups in total. The van der Waals surface area contributed by atoms with Gasteiger partial charge in [0, 0.05) is 12.0 Å². The van der Waals surface area contributed by atoms with Crippen molar-refractivity contribution in [3.8, 4) is 0 Å². The topological polar surface area (TPSA) is 49.8 Å². The van der Waals surface area contributed by atoms with Crippen LogP contribution in [0.4, 0.5) is 0 Å². The number of ether oxygens (including phenoxy) is 1. The zero-order valence-corrected chi connectivity index (χ0v) is 11.4. The van der Waals surface area contributed by atoms with E-state index in [0.717, 1.165) is 19.3 Å². The second-order valence-corrected chi connectivity index (χ2v) is 6.12. The Hall–Kier alpha value is -1.09. The quantitative estimate of drug-likeness (QED) is 0.573. The highest BCUT2D eigenvalue weighted by Crippen LogP contribution is 2.44. The van der Waals surface area contributed by atoms with Gasteiger partial charge in [0.15, 0.2) is 0 Å². The van der Waals surface area contributed by atoms with Crippen molar-refractivity contribution in [2.24, 2.45) is 5.41 Å². The second-order valence-electron chi connectivity index (χ2n) is 6.12. The Morgan fingerprint density at radius 1 is 1.44 bits per heavy atom. The fourth-order valence-electron chi connectivity index (χ4n) is 2.59. The zero-order valence-electron chi connectivity index (χ0n) is 11.4. The van der Waals surface area contributed by atoms with Crippen LogP contribution in [0, 0.1) is 5.41 Å². The van der Waals surface area contributed by atoms with Crippen LogP contribution in [0.5, 0.6) is 0 Å². The van der Waals surface area contributed by atoms with Crippen molar-refractivity contribution in [1.29, 1.82) is 0 Å². The number of carboxylic acids is 1. The van der Waals surface area contributed by atoms with E-state index in [1.807, 2.05) is 6.08 Å². The van der Waals surface area contributed by atoms with Gasteiger partial charge in [0.25, 0.3) is 0 Å². The molecule has 2 atom stereocenters. The van der Waals surface area contributed by atoms with Crippen molar-refractivity contribution in [1.82, 2.24) is 0 Å². The van der Waals surface area contributed by atoms with Gasteiger partial charge in [-0.05, 0) is 31.6 Å². The molecule has 18 heavy (non-hydrogen) atoms. The molecule has 1 fully saturated rings. The van der Waals surface area contributed by atoms with Gasteiger partial charge < -0.3 is 9.84 Å². The van der Waals surface area contributed by atoms with Crippen molar-refractivity contribution < 1.29 is 14.6 Å². The predicted molar refractivity (Wildman–Crippen MR) is 70.4 cm³/mol. The monoisotopic (exact) mass is 250 g/mol. The van der Waals surface area contributed by atoms with Gasteiger partial charge in [-0.15, -0.1) is 0 Å². The first-order chi connectivity index (χ1) is 8.40. The molecular formula is C15H22O3. The minimum Gasteiger partial charge on any atom is -0.478 e. The summed E-state index contributed by atoms with van der Waals surface area (Å²) in [5.41, 5.74) is 1.94. The van der Waals surface area contributed by atoms with E-state index in [1.54, 1.807) is 0 Å². The lowest BCUT2D eigenvalue weighted by atomic mass is 9.82. The van der Waals surface area contributed by atoms with Crippen LogP contribution in [0.25, 0.3) is 0 Å². The van der Waals surface area contributed by atoms with E-state index in [1.165, 1.54) is 5.57 Å². The van der Waals surface area contributed by atoms with E-state index >= 15 is 0 Å². The molecule has 0 amide bonds. The molecule has 1 heterocycles. The predicted octanol–water partition coefficient (Wildman–Crippen LogP) is 3.31. The summed E-state index contributed by atoms with van der Waals surface area (Å²) < 4.78 is 5.69. The van der Waals surface area contributed by atoms with Gasteiger partial charge in [-0.1, -0.05) is 31.6 Å². The van der Waals surface area contributed by atoms with Crippen molar-refractivity contribution >= 4 is 5.97 Å². The smallest absolute Gasteiger partial charge is 0.331 e. The molecule has 0 bridgehead atoms. The maximum atomic E-state index is 11.2. The number of fused-ring (bicyclic) bond motifs is 1. The molecule has 0 aromatic carbocycles. The number of allylic oxidation sites excluding steroid dienone is 3. The number of carbonyl (C=O) groups is 1. The third kappa shape index (κ3) is 3.02. The molecular weight excluding hydrogens is 228 g/mol. The van der Waals surface area contributed by atoms with Crippen molar-refractivity contribution in [2.75, 3.05) is 0 Å². The zero-order chi connectivity index (χ0) is 13.3. The highest BCUT2D eigenvalue weighted by atomic mass is 16.6. The van der Waals surface area contributed by atoms with Crippen molar-refractivity contribution in [3.63, 3.8) is 0 Å². The molecule has 1 saturated heterocycles. The summed E-state index contributed by atoms with van der Waals surface area (Å²) in [6.45, 7) is 6.51. The Labute approximate surface area is 109 Å². The van der Waals surface area contributed by atoms with Gasteiger partial charge >= 0.3 is 5.97 Å². The lowest BCUT2D eigenvalue weighted by Crippen LogP contribution is -2.21. The first kappa shape index (κ1) is 13.3. The van der Waals surface area contributed by atoms with E-state index in [0.29, 0.717) is 12.0 Å². The normalized spacial score (nSPS) is 37.3. The Kier molecular flexibility index (Phi) is 3.62. The lowest BCUT2D eigenvalue weighted by molar-refractivity contribution is -0.132. The maximum Gasteiger partial charge on any atom is 0.331 e. The van der Waals surface area contributed by atoms with E-state index in [4.69, 9.17) is 4.74 Å². The molecule has 2 aliphatic rings. The third-order valence-corrected chi connectivity index (χ3v) is 3.95. The van der Waals surface area contributed by atoms with Gasteiger partial charge in [0.2, 0.25) is 0 Å². The number of carboxylic acid groups (broad SMARTS) is 1. The maximum absolute atomic E-state index is 11.2. The summed E-state index contributed by atoms with van der Waals surface area (Å²) in [5, 5.41) is 9.18. The fourth-order valence-corrected chi connectivity index (χ4v) is 2.59. The van der Waals surface area contributed by atoms with Crippen LogP contribution in [0.15, 0.2) is 23.3 Å². The van der Waals surface area contributed by atoms with Crippen molar-refractivity contribution in [2.45, 2.75) is 58.7 Å². The van der Waals surface area contributed by atoms with Crippen molar-refractivity contribution in [3.05, 3.63) is 23.3 Å². The Balaban J connectivity index is 2.18. The van der Waals surface area contributed by atoms with Crippen LogP contribution >= 0.6 is 0 Å². The molecule has 2 rings (SSSR count). The fraction of sp³-hybridized carbons (Fsp3) is 0.667. The van der Waals surface area contributed by atoms with E-state index in [9.17, 15) is 9.90 Å². The molecule has 3 heteroatoms. The summed E-state index contributed by atoms with van der Waals surface area (Å²) in [6.07, 6.45) is 7.72. The minimum absolute atomic E-state index is 0.0918. The SMILES string of the molecule is C/C1=C\CC(C)(C)[C@@H]2O[C@H]2C/C(C(=O)O)=C/CC1. The Morgan fingerprint density at radius 2 is 2.17 bits per heavy atom. The van der Waals surface area contributed by atoms with Crippen LogP contribution in [0.3, 0.4) is 0 Å². The molecule has 0 unspecified atom stereocenters. The highest BCUT2D eigenvalue weighted by molar-refractivity contribution is 5.86. The van der Waals surface area contributed by atoms with E-state index in [2.05, 4.69) is 26.8 Å². The molecule has 0 aromatic rings. The standard InChI is InChI=1S/C15H22O3/c1-10-5-4-6-11(14(16)17)9-12-13(18-12)15(2,3)8-7-10/h6-7,12-13H,4-5,8-9H2,1-3H3,(H,16,17)/b10-7+,11-6-/t12-,13+/m0/s1. The molecule has 1 aliphatic carbocycles. The number of hydrogen-bond acceptors (Lipinski definition) is 2. The van der Waals surface area contributed by atoms with Gasteiger partial charge in [-0.2, -0.15) is 0 Å². The summed E-state index contributed by atoms with van der Waals surface area (Å²) >= 11 is 0. The molecule has 3 nitrogen and oxygen atoms in total. The third-order valence-electron chi connectivity index (χ3n) is 3.95. The van der Waals surface area contributed by atoms with Crippen LogP contribution < -0.4 is 0 Å². The second kappa shape index (κ2) is 4.88. The largest absolute Gasteiger partial charge is 0.478 e. The summed E-state index contributed by atoms with van der Waals surface area (Å²) in [4.78, 5) is 11.2. The van der Waals surface area contributed by atoms with Crippen LogP contribution in [0.1, 0.15) is 46.5 Å². The van der Waals surface area contributed by atoms with Gasteiger partial charge in [-0.3, -0.25) is 0 Å². The minimum atomic E-state index is -0.803. The van der Waals surface area contributed by atoms with Crippen LogP contribution in [-0.2, 0) is 9.53 Å². The first-order valence-electron chi connectivity index (χ1n) is 6.63. The average Bonchev–Trinajstić information content (AvgIpc) is 3.04. The number of rotatable bonds is 1. The number of hydrogen-bond donors (Lipinski definition) is 1. The van der Waals surface area contributed by atoms with Gasteiger partial charge in [-0.25, -0.2) is 4.79 Å². The molecule has 0 aromatic heterocycles. The molecule has 0 saturated carbocycles. The highest BCUT2D eigenvalue weighted by Gasteiger charge is 2.49. The molecule has 0 radical (unpaired) electrons. The summed E-state index contributed by atoms with van der Waals surface area (Å²) in [5.74, 6) is -0.803. The van der Waals surface area contributed by atoms with E-state index in [-0.39, 0.29) is 17.6 Å². The van der Waals surface area contributed by atoms with Gasteiger partial charge in [0.05, 0.1) is 12.2 Å². The average molecular weight is 250 g/mol. The summed E-state index contributed by atoms with van der Waals surface area (Å²) in [7, 11) is 0. The van der Waals surface area contributed by atoms with Crippen LogP contribution in [-0.4, -0.2) is 23.3 Å². The molecule has 1 aliphatic heterocycles. The van der Waals surface area contributed by atoms with Gasteiger partial charge in [0.1, 0.15) is 0 Å². The first-order valence-corrected chi connectivity index (χ1v) is 6.63. The van der Waals surface area contributed by atoms with Crippen LogP contribution in [0.2, 0.25) is 0 Å². The van der Waals surface area contributed by atoms with E-state index < -0.39 is 5.97 Å². The Morgan fingerprint density at radius 3 is 2.83 bits per heavy atom. The number of epoxide rings is 1. The number of aliphatic carboxylic acids is 1. The molecule has 100 valence electrons. The lowest BCUT2D eigenvalue weighted by Gasteiger charge is -2.20.